The zero-order chi connectivity index (χ0) is 14.4. The minimum absolute atomic E-state index is 0.296. The molecule has 1 saturated carbocycles. The molecule has 3 heterocycles. The van der Waals surface area contributed by atoms with Crippen LogP contribution in [0.3, 0.4) is 0 Å². The third kappa shape index (κ3) is 2.52. The van der Waals surface area contributed by atoms with Crippen LogP contribution in [0.2, 0.25) is 0 Å². The van der Waals surface area contributed by atoms with Crippen molar-refractivity contribution in [2.75, 3.05) is 36.0 Å². The third-order valence-corrected chi connectivity index (χ3v) is 5.12. The lowest BCUT2D eigenvalue weighted by atomic mass is 9.94. The van der Waals surface area contributed by atoms with Crippen LogP contribution in [0, 0.1) is 11.8 Å². The highest BCUT2D eigenvalue weighted by atomic mass is 15.3. The Kier molecular flexibility index (Phi) is 3.14. The fourth-order valence-electron chi connectivity index (χ4n) is 3.79. The molecule has 1 aromatic rings. The summed E-state index contributed by atoms with van der Waals surface area (Å²) in [5.74, 6) is 3.35. The van der Waals surface area contributed by atoms with Crippen LogP contribution in [0.5, 0.6) is 0 Å². The number of hydrogen-bond acceptors (Lipinski definition) is 6. The predicted molar refractivity (Wildman–Crippen MR) is 84.0 cm³/mol. The quantitative estimate of drug-likeness (QED) is 0.761. The highest BCUT2D eigenvalue weighted by molar-refractivity contribution is 5.60. The average Bonchev–Trinajstić information content (AvgIpc) is 3.17. The highest BCUT2D eigenvalue weighted by Crippen LogP contribution is 2.38. The average molecular weight is 288 g/mol. The first-order chi connectivity index (χ1) is 10.2. The van der Waals surface area contributed by atoms with E-state index in [1.54, 1.807) is 0 Å². The van der Waals surface area contributed by atoms with E-state index in [0.717, 1.165) is 49.3 Å². The van der Waals surface area contributed by atoms with Crippen molar-refractivity contribution < 1.29 is 0 Å². The first kappa shape index (κ1) is 13.1. The Morgan fingerprint density at radius 3 is 2.76 bits per heavy atom. The molecule has 6 heteroatoms. The number of piperidine rings is 1. The van der Waals surface area contributed by atoms with Gasteiger partial charge in [0.1, 0.15) is 11.6 Å². The molecule has 0 amide bonds. The summed E-state index contributed by atoms with van der Waals surface area (Å²) in [5.41, 5.74) is 13.1. The van der Waals surface area contributed by atoms with Crippen LogP contribution >= 0.6 is 0 Å². The van der Waals surface area contributed by atoms with E-state index in [-0.39, 0.29) is 0 Å². The fourth-order valence-corrected chi connectivity index (χ4v) is 3.79. The normalized spacial score (nSPS) is 28.7. The van der Waals surface area contributed by atoms with Gasteiger partial charge in [-0.3, -0.25) is 0 Å². The van der Waals surface area contributed by atoms with E-state index in [4.69, 9.17) is 11.5 Å². The van der Waals surface area contributed by atoms with Gasteiger partial charge in [0.2, 0.25) is 5.95 Å². The molecule has 0 bridgehead atoms. The van der Waals surface area contributed by atoms with Gasteiger partial charge < -0.3 is 21.7 Å². The zero-order valence-corrected chi connectivity index (χ0v) is 12.4. The molecule has 114 valence electrons. The van der Waals surface area contributed by atoms with Crippen LogP contribution in [0.1, 0.15) is 31.2 Å². The molecule has 3 fully saturated rings. The van der Waals surface area contributed by atoms with Gasteiger partial charge in [-0.05, 0) is 50.5 Å². The van der Waals surface area contributed by atoms with Gasteiger partial charge in [-0.1, -0.05) is 0 Å². The van der Waals surface area contributed by atoms with E-state index in [9.17, 15) is 0 Å². The Labute approximate surface area is 125 Å². The van der Waals surface area contributed by atoms with E-state index >= 15 is 0 Å². The maximum Gasteiger partial charge on any atom is 0.223 e. The molecule has 1 aliphatic carbocycles. The van der Waals surface area contributed by atoms with E-state index < -0.39 is 0 Å². The van der Waals surface area contributed by atoms with E-state index in [0.29, 0.717) is 17.8 Å². The number of anilines is 3. The summed E-state index contributed by atoms with van der Waals surface area (Å²) in [6, 6.07) is 0.588. The maximum atomic E-state index is 6.14. The summed E-state index contributed by atoms with van der Waals surface area (Å²) in [7, 11) is 0. The van der Waals surface area contributed by atoms with E-state index in [1.807, 2.05) is 0 Å². The smallest absolute Gasteiger partial charge is 0.223 e. The van der Waals surface area contributed by atoms with Gasteiger partial charge in [-0.25, -0.2) is 0 Å². The SMILES string of the molecule is Nc1nc(N)c(CC2CC2)c(N2C[C@@H]3CCCN[C@@H]3C2)n1. The van der Waals surface area contributed by atoms with Crippen molar-refractivity contribution in [1.29, 1.82) is 0 Å². The second-order valence-electron chi connectivity index (χ2n) is 6.78. The number of nitrogens with zero attached hydrogens (tertiary/aromatic N) is 3. The summed E-state index contributed by atoms with van der Waals surface area (Å²) in [4.78, 5) is 11.1. The molecule has 6 nitrogen and oxygen atoms in total. The van der Waals surface area contributed by atoms with Crippen LogP contribution in [0.15, 0.2) is 0 Å². The molecule has 0 aromatic carbocycles. The largest absolute Gasteiger partial charge is 0.383 e. The molecule has 4 rings (SSSR count). The first-order valence-electron chi connectivity index (χ1n) is 8.11. The van der Waals surface area contributed by atoms with E-state index in [1.165, 1.54) is 25.7 Å². The summed E-state index contributed by atoms with van der Waals surface area (Å²) in [5, 5.41) is 3.64. The number of hydrogen-bond donors (Lipinski definition) is 3. The minimum atomic E-state index is 0.296. The summed E-state index contributed by atoms with van der Waals surface area (Å²) < 4.78 is 0. The topological polar surface area (TPSA) is 93.1 Å². The van der Waals surface area contributed by atoms with Crippen molar-refractivity contribution in [3.8, 4) is 0 Å². The second-order valence-corrected chi connectivity index (χ2v) is 6.78. The monoisotopic (exact) mass is 288 g/mol. The number of nitrogen functional groups attached to an aromatic ring is 2. The Balaban J connectivity index is 1.63. The van der Waals surface area contributed by atoms with Gasteiger partial charge in [-0.15, -0.1) is 0 Å². The van der Waals surface area contributed by atoms with Gasteiger partial charge >= 0.3 is 0 Å². The predicted octanol–water partition coefficient (Wildman–Crippen LogP) is 0.782. The molecule has 0 spiro atoms. The lowest BCUT2D eigenvalue weighted by molar-refractivity contribution is 0.340. The summed E-state index contributed by atoms with van der Waals surface area (Å²) in [6.45, 7) is 3.21. The molecular weight excluding hydrogens is 264 g/mol. The van der Waals surface area contributed by atoms with Gasteiger partial charge in [0.15, 0.2) is 0 Å². The first-order valence-corrected chi connectivity index (χ1v) is 8.11. The van der Waals surface area contributed by atoms with Crippen LogP contribution < -0.4 is 21.7 Å². The standard InChI is InChI=1S/C15H24N6/c16-13-11(6-9-3-4-9)14(20-15(17)19-13)21-7-10-2-1-5-18-12(10)8-21/h9-10,12,18H,1-8H2,(H4,16,17,19,20)/t10-,12+/m0/s1. The highest BCUT2D eigenvalue weighted by Gasteiger charge is 2.36. The second kappa shape index (κ2) is 5.02. The van der Waals surface area contributed by atoms with Crippen molar-refractivity contribution in [1.82, 2.24) is 15.3 Å². The van der Waals surface area contributed by atoms with Gasteiger partial charge in [0.05, 0.1) is 0 Å². The van der Waals surface area contributed by atoms with E-state index in [2.05, 4.69) is 20.2 Å². The van der Waals surface area contributed by atoms with Gasteiger partial charge in [-0.2, -0.15) is 9.97 Å². The molecule has 3 aliphatic rings. The Bertz CT molecular complexity index is 527. The maximum absolute atomic E-state index is 6.14. The number of aromatic nitrogens is 2. The Morgan fingerprint density at radius 1 is 1.14 bits per heavy atom. The summed E-state index contributed by atoms with van der Waals surface area (Å²) >= 11 is 0. The number of rotatable bonds is 3. The van der Waals surface area contributed by atoms with Crippen molar-refractivity contribution in [3.63, 3.8) is 0 Å². The molecule has 1 aromatic heterocycles. The van der Waals surface area contributed by atoms with Crippen molar-refractivity contribution in [2.24, 2.45) is 11.8 Å². The van der Waals surface area contributed by atoms with Crippen molar-refractivity contribution in [2.45, 2.75) is 38.1 Å². The lowest BCUT2D eigenvalue weighted by Crippen LogP contribution is -2.40. The van der Waals surface area contributed by atoms with Crippen LogP contribution in [-0.4, -0.2) is 35.6 Å². The molecule has 21 heavy (non-hydrogen) atoms. The molecule has 0 radical (unpaired) electrons. The molecule has 2 saturated heterocycles. The van der Waals surface area contributed by atoms with Crippen LogP contribution in [-0.2, 0) is 6.42 Å². The van der Waals surface area contributed by atoms with Crippen molar-refractivity contribution >= 4 is 17.6 Å². The summed E-state index contributed by atoms with van der Waals surface area (Å²) in [6.07, 6.45) is 6.19. The van der Waals surface area contributed by atoms with Crippen LogP contribution in [0.4, 0.5) is 17.6 Å². The Morgan fingerprint density at radius 2 is 2.00 bits per heavy atom. The molecule has 2 atom stereocenters. The molecule has 5 N–H and O–H groups in total. The molecule has 0 unspecified atom stereocenters. The fraction of sp³-hybridized carbons (Fsp3) is 0.733. The van der Waals surface area contributed by atoms with Gasteiger partial charge in [0.25, 0.3) is 0 Å². The minimum Gasteiger partial charge on any atom is -0.383 e. The molecule has 2 aliphatic heterocycles. The number of fused-ring (bicyclic) bond motifs is 1. The van der Waals surface area contributed by atoms with Crippen molar-refractivity contribution in [3.05, 3.63) is 5.56 Å². The van der Waals surface area contributed by atoms with Crippen LogP contribution in [0.25, 0.3) is 0 Å². The Hall–Kier alpha value is -1.56. The number of nitrogens with one attached hydrogen (secondary N) is 1. The zero-order valence-electron chi connectivity index (χ0n) is 12.4. The lowest BCUT2D eigenvalue weighted by Gasteiger charge is -2.24. The third-order valence-electron chi connectivity index (χ3n) is 5.12. The van der Waals surface area contributed by atoms with Gasteiger partial charge in [0, 0.05) is 24.7 Å². The molecular formula is C15H24N6. The number of nitrogens with two attached hydrogens (primary N) is 2.